The fraction of sp³-hybridized carbons (Fsp3) is 0.597. The van der Waals surface area contributed by atoms with Crippen molar-refractivity contribution in [3.05, 3.63) is 157 Å². The van der Waals surface area contributed by atoms with E-state index in [0.717, 1.165) is 105 Å². The average Bonchev–Trinajstić information content (AvgIpc) is 1.38. The number of likely N-dealkylation sites (N-methyl/N-ethyl adjacent to an activating group) is 1. The Hall–Kier alpha value is -5.70. The summed E-state index contributed by atoms with van der Waals surface area (Å²) in [6.45, 7) is 7.79. The standard InChI is InChI=1S/C72H91F9N4O10S2/c1-66(2,37-39-84(4)40-43-91-55-27-30-57-48(45-55)17-29-59-58(57)35-36-67(3)60(59)31-32-61(67)92-41-14-42-93-69(70(73,74)75,71(76,77)78)72(79,80)81)97-96-44-13-8-7-12-38-82-62(86)33-18-49-46-85(65(88)83-64(49)87)63-34-28-56(95-63)47-94-68(50-15-10-9-11-16-50,51-19-23-53(89-5)24-20-51)52-21-25-54(90-6)26-22-52/h9-11,15-16,19-27,30,45-46,56,58-61,63H,7-8,12-14,17-18,28-29,31-44,47H2,1-6H3,(H,82,86)(H,83,87,88)/t56-,58-,59+,60+,61+,63-,67+/m1/s1. The molecule has 4 aliphatic rings. The van der Waals surface area contributed by atoms with Crippen LogP contribution < -0.4 is 30.8 Å². The number of unbranched alkanes of at least 4 members (excludes halogenated alkanes) is 3. The Morgan fingerprint density at radius 3 is 2.04 bits per heavy atom. The maximum atomic E-state index is 13.3. The molecule has 534 valence electrons. The number of hydrogen-bond donors (Lipinski definition) is 2. The van der Waals surface area contributed by atoms with Gasteiger partial charge in [0.1, 0.15) is 35.7 Å². The van der Waals surface area contributed by atoms with Crippen molar-refractivity contribution >= 4 is 27.5 Å². The Morgan fingerprint density at radius 1 is 0.732 bits per heavy atom. The molecule has 5 aromatic rings. The van der Waals surface area contributed by atoms with E-state index in [1.165, 1.54) is 21.9 Å². The van der Waals surface area contributed by atoms with Gasteiger partial charge in [0.25, 0.3) is 5.56 Å². The number of carbonyl (C=O) groups excluding carboxylic acids is 1. The van der Waals surface area contributed by atoms with Gasteiger partial charge in [0.2, 0.25) is 5.91 Å². The molecule has 7 atom stereocenters. The van der Waals surface area contributed by atoms with Crippen LogP contribution in [0.25, 0.3) is 0 Å². The summed E-state index contributed by atoms with van der Waals surface area (Å²) >= 11 is 0. The highest BCUT2D eigenvalue weighted by molar-refractivity contribution is 8.77. The molecular formula is C72H91F9N4O10S2. The van der Waals surface area contributed by atoms with Gasteiger partial charge in [0.05, 0.1) is 39.6 Å². The molecule has 3 fully saturated rings. The Kier molecular flexibility index (Phi) is 25.5. The predicted octanol–water partition coefficient (Wildman–Crippen LogP) is 15.5. The van der Waals surface area contributed by atoms with Crippen LogP contribution in [-0.2, 0) is 42.2 Å². The highest BCUT2D eigenvalue weighted by Gasteiger charge is 2.85. The number of rotatable bonds is 34. The number of H-pyrrole nitrogens is 1. The van der Waals surface area contributed by atoms with E-state index in [-0.39, 0.29) is 60.3 Å². The third-order valence-electron chi connectivity index (χ3n) is 20.1. The average molecular weight is 1410 g/mol. The summed E-state index contributed by atoms with van der Waals surface area (Å²) in [5, 5.41) is 2.99. The number of nitrogens with zero attached hydrogens (tertiary/aromatic N) is 2. The molecule has 9 rings (SSSR count). The van der Waals surface area contributed by atoms with E-state index >= 15 is 0 Å². The van der Waals surface area contributed by atoms with E-state index < -0.39 is 60.2 Å². The van der Waals surface area contributed by atoms with Gasteiger partial charge >= 0.3 is 29.8 Å². The number of ether oxygens (including phenoxy) is 7. The van der Waals surface area contributed by atoms with Crippen molar-refractivity contribution in [2.75, 3.05) is 73.1 Å². The Bertz CT molecular complexity index is 3380. The fourth-order valence-corrected chi connectivity index (χ4v) is 17.4. The number of carbonyl (C=O) groups is 1. The van der Waals surface area contributed by atoms with E-state index in [4.69, 9.17) is 28.4 Å². The zero-order valence-electron chi connectivity index (χ0n) is 55.9. The topological polar surface area (TPSA) is 152 Å². The van der Waals surface area contributed by atoms with Crippen LogP contribution in [0.5, 0.6) is 17.2 Å². The van der Waals surface area contributed by atoms with Crippen LogP contribution in [0.15, 0.2) is 113 Å². The zero-order valence-corrected chi connectivity index (χ0v) is 57.6. The molecule has 3 aliphatic carbocycles. The number of methoxy groups -OCH3 is 2. The molecule has 14 nitrogen and oxygen atoms in total. The highest BCUT2D eigenvalue weighted by atomic mass is 33.1. The van der Waals surface area contributed by atoms with Crippen molar-refractivity contribution < 1.29 is 77.5 Å². The van der Waals surface area contributed by atoms with Crippen LogP contribution in [0, 0.1) is 17.3 Å². The summed E-state index contributed by atoms with van der Waals surface area (Å²) in [6, 6.07) is 31.9. The molecular weight excluding hydrogens is 1320 g/mol. The molecule has 1 amide bonds. The maximum Gasteiger partial charge on any atom is 0.435 e. The van der Waals surface area contributed by atoms with Crippen LogP contribution in [0.3, 0.4) is 0 Å². The van der Waals surface area contributed by atoms with Crippen LogP contribution >= 0.6 is 21.6 Å². The number of benzene rings is 4. The number of aromatic nitrogens is 2. The summed E-state index contributed by atoms with van der Waals surface area (Å²) < 4.78 is 162. The number of nitrogens with one attached hydrogen (secondary N) is 2. The smallest absolute Gasteiger partial charge is 0.435 e. The summed E-state index contributed by atoms with van der Waals surface area (Å²) in [6.07, 6.45) is -9.49. The number of fused-ring (bicyclic) bond motifs is 5. The second-order valence-corrected chi connectivity index (χ2v) is 30.0. The number of aromatic amines is 1. The zero-order chi connectivity index (χ0) is 69.8. The molecule has 1 aliphatic heterocycles. The van der Waals surface area contributed by atoms with Crippen molar-refractivity contribution in [1.82, 2.24) is 19.8 Å². The van der Waals surface area contributed by atoms with E-state index in [9.17, 15) is 53.9 Å². The van der Waals surface area contributed by atoms with Crippen LogP contribution in [-0.4, -0.2) is 135 Å². The number of amides is 1. The lowest BCUT2D eigenvalue weighted by molar-refractivity contribution is -0.457. The highest BCUT2D eigenvalue weighted by Crippen LogP contribution is 2.62. The van der Waals surface area contributed by atoms with E-state index in [0.29, 0.717) is 61.3 Å². The quantitative estimate of drug-likeness (QED) is 0.0174. The van der Waals surface area contributed by atoms with Crippen LogP contribution in [0.2, 0.25) is 0 Å². The second-order valence-electron chi connectivity index (χ2n) is 26.9. The first kappa shape index (κ1) is 75.5. The first-order valence-electron chi connectivity index (χ1n) is 33.6. The SMILES string of the molecule is COc1ccc(C(OC[C@H]2CC[C@H](n3cc(CCC(=O)NCCCCCCSSC(C)(C)CCN(C)CCOc4ccc5c(c4)CC[C@H]4[C@@H]5CC[C@]5(C)[C@@H](OCCCOC(C(F)(F)F)(C(F)(F)F)C(F)(F)F)CC[C@@H]45)c(=O)[nH]c3=O)O2)(c2ccccc2)c2ccc(OC)cc2)cc1. The van der Waals surface area contributed by atoms with Crippen molar-refractivity contribution in [2.45, 2.75) is 182 Å². The summed E-state index contributed by atoms with van der Waals surface area (Å²) in [7, 11) is 9.14. The first-order valence-corrected chi connectivity index (χ1v) is 35.9. The normalized spacial score (nSPS) is 21.5. The van der Waals surface area contributed by atoms with Gasteiger partial charge in [-0.2, -0.15) is 39.5 Å². The van der Waals surface area contributed by atoms with Gasteiger partial charge in [-0.3, -0.25) is 19.1 Å². The number of halogens is 9. The minimum absolute atomic E-state index is 0.0574. The Morgan fingerprint density at radius 2 is 1.38 bits per heavy atom. The molecule has 4 aromatic carbocycles. The largest absolute Gasteiger partial charge is 0.497 e. The lowest BCUT2D eigenvalue weighted by Crippen LogP contribution is -2.67. The van der Waals surface area contributed by atoms with Crippen LogP contribution in [0.1, 0.15) is 156 Å². The van der Waals surface area contributed by atoms with Gasteiger partial charge in [-0.05, 0) is 198 Å². The second kappa shape index (κ2) is 32.7. The molecule has 2 saturated carbocycles. The molecule has 0 bridgehead atoms. The van der Waals surface area contributed by atoms with Gasteiger partial charge in [0, 0.05) is 48.4 Å². The number of alkyl halides is 9. The maximum absolute atomic E-state index is 13.3. The van der Waals surface area contributed by atoms with Crippen molar-refractivity contribution in [3.63, 3.8) is 0 Å². The molecule has 0 unspecified atom stereocenters. The lowest BCUT2D eigenvalue weighted by Gasteiger charge is -2.50. The number of hydrogen-bond acceptors (Lipinski definition) is 13. The predicted molar refractivity (Wildman–Crippen MR) is 357 cm³/mol. The third kappa shape index (κ3) is 17.9. The van der Waals surface area contributed by atoms with E-state index in [2.05, 4.69) is 59.9 Å². The number of aryl methyl sites for hydroxylation is 2. The molecule has 25 heteroatoms. The molecule has 97 heavy (non-hydrogen) atoms. The molecule has 2 N–H and O–H groups in total. The van der Waals surface area contributed by atoms with E-state index in [1.54, 1.807) is 14.2 Å². The fourth-order valence-electron chi connectivity index (χ4n) is 14.7. The van der Waals surface area contributed by atoms with Gasteiger partial charge in [-0.15, -0.1) is 0 Å². The molecule has 0 spiro atoms. The van der Waals surface area contributed by atoms with Crippen LogP contribution in [0.4, 0.5) is 39.5 Å². The summed E-state index contributed by atoms with van der Waals surface area (Å²) in [4.78, 5) is 43.9. The Labute approximate surface area is 569 Å². The molecule has 1 saturated heterocycles. The summed E-state index contributed by atoms with van der Waals surface area (Å²) in [5.74, 6) is 4.04. The monoisotopic (exact) mass is 1410 g/mol. The molecule has 0 radical (unpaired) electrons. The van der Waals surface area contributed by atoms with E-state index in [1.807, 2.05) is 107 Å². The first-order chi connectivity index (χ1) is 46.1. The van der Waals surface area contributed by atoms with Gasteiger partial charge < -0.3 is 43.4 Å². The Balaban J connectivity index is 0.626. The minimum Gasteiger partial charge on any atom is -0.497 e. The minimum atomic E-state index is -6.76. The van der Waals surface area contributed by atoms with Crippen molar-refractivity contribution in [2.24, 2.45) is 17.3 Å². The van der Waals surface area contributed by atoms with Gasteiger partial charge in [-0.1, -0.05) is 102 Å². The molecule has 1 aromatic heterocycles. The molecule has 2 heterocycles. The van der Waals surface area contributed by atoms with Gasteiger partial charge in [0.15, 0.2) is 0 Å². The third-order valence-corrected chi connectivity index (χ3v) is 23.5. The van der Waals surface area contributed by atoms with Gasteiger partial charge in [-0.25, -0.2) is 4.79 Å². The lowest BCUT2D eigenvalue weighted by atomic mass is 9.55. The summed E-state index contributed by atoms with van der Waals surface area (Å²) in [5.41, 5.74) is -3.19. The van der Waals surface area contributed by atoms with Crippen molar-refractivity contribution in [3.8, 4) is 17.2 Å². The van der Waals surface area contributed by atoms with Crippen molar-refractivity contribution in [1.29, 1.82) is 0 Å².